The Morgan fingerprint density at radius 2 is 2.14 bits per heavy atom. The third-order valence-corrected chi connectivity index (χ3v) is 4.38. The Balaban J connectivity index is 1.88. The van der Waals surface area contributed by atoms with Gasteiger partial charge in [0, 0.05) is 16.6 Å². The molecule has 0 aromatic heterocycles. The van der Waals surface area contributed by atoms with Crippen molar-refractivity contribution in [3.8, 4) is 0 Å². The summed E-state index contributed by atoms with van der Waals surface area (Å²) >= 11 is 3.21. The first kappa shape index (κ1) is 16.9. The van der Waals surface area contributed by atoms with Crippen LogP contribution < -0.4 is 5.32 Å². The molecule has 2 N–H and O–H groups in total. The lowest BCUT2D eigenvalue weighted by atomic mass is 9.85. The third kappa shape index (κ3) is 4.04. The molecular weight excluding hydrogens is 355 g/mol. The van der Waals surface area contributed by atoms with E-state index in [4.69, 9.17) is 5.11 Å². The lowest BCUT2D eigenvalue weighted by Crippen LogP contribution is -2.54. The number of nitrogens with one attached hydrogen (secondary N) is 1. The summed E-state index contributed by atoms with van der Waals surface area (Å²) < 4.78 is 14.3. The molecule has 1 aliphatic carbocycles. The number of benzene rings is 1. The van der Waals surface area contributed by atoms with E-state index in [0.29, 0.717) is 23.9 Å². The Hall–Kier alpha value is -1.47. The normalized spacial score (nSPS) is 20.5. The zero-order chi connectivity index (χ0) is 16.3. The first-order chi connectivity index (χ1) is 10.4. The molecule has 0 saturated heterocycles. The smallest absolute Gasteiger partial charge is 0.317 e. The number of hydrogen-bond donors (Lipinski definition) is 2. The van der Waals surface area contributed by atoms with Crippen LogP contribution in [0.4, 0.5) is 4.39 Å². The topological polar surface area (TPSA) is 69.6 Å². The van der Waals surface area contributed by atoms with E-state index in [0.717, 1.165) is 0 Å². The van der Waals surface area contributed by atoms with E-state index in [1.54, 1.807) is 0 Å². The maximum atomic E-state index is 13.6. The standard InChI is InChI=1S/C15H18BrFN2O3/c1-2-19(8-14(20)21)11-6-10(7-11)18-15(22)12-5-9(16)3-4-13(12)17/h3-5,10-11H,2,6-8H2,1H3,(H,18,22)(H,20,21). The van der Waals surface area contributed by atoms with Gasteiger partial charge in [0.15, 0.2) is 0 Å². The zero-order valence-corrected chi connectivity index (χ0v) is 13.8. The van der Waals surface area contributed by atoms with Crippen LogP contribution in [0.25, 0.3) is 0 Å². The van der Waals surface area contributed by atoms with Gasteiger partial charge >= 0.3 is 5.97 Å². The predicted octanol–water partition coefficient (Wildman–Crippen LogP) is 2.26. The first-order valence-corrected chi connectivity index (χ1v) is 7.91. The van der Waals surface area contributed by atoms with Crippen molar-refractivity contribution in [1.82, 2.24) is 10.2 Å². The van der Waals surface area contributed by atoms with Crippen molar-refractivity contribution in [3.63, 3.8) is 0 Å². The van der Waals surface area contributed by atoms with E-state index in [1.165, 1.54) is 18.2 Å². The van der Waals surface area contributed by atoms with E-state index in [1.807, 2.05) is 11.8 Å². The number of carbonyl (C=O) groups is 2. The maximum absolute atomic E-state index is 13.6. The Morgan fingerprint density at radius 3 is 2.73 bits per heavy atom. The second-order valence-corrected chi connectivity index (χ2v) is 6.29. The minimum atomic E-state index is -0.856. The van der Waals surface area contributed by atoms with Crippen molar-refractivity contribution < 1.29 is 19.1 Å². The molecule has 120 valence electrons. The monoisotopic (exact) mass is 372 g/mol. The summed E-state index contributed by atoms with van der Waals surface area (Å²) in [5, 5.41) is 11.6. The maximum Gasteiger partial charge on any atom is 0.317 e. The van der Waals surface area contributed by atoms with Gasteiger partial charge in [0.2, 0.25) is 0 Å². The third-order valence-electron chi connectivity index (χ3n) is 3.88. The number of amides is 1. The van der Waals surface area contributed by atoms with Gasteiger partial charge in [0.05, 0.1) is 12.1 Å². The Morgan fingerprint density at radius 1 is 1.45 bits per heavy atom. The average Bonchev–Trinajstić information content (AvgIpc) is 2.42. The van der Waals surface area contributed by atoms with Crippen molar-refractivity contribution in [1.29, 1.82) is 0 Å². The number of aliphatic carboxylic acids is 1. The van der Waals surface area contributed by atoms with Crippen molar-refractivity contribution in [3.05, 3.63) is 34.1 Å². The lowest BCUT2D eigenvalue weighted by molar-refractivity contribution is -0.139. The molecule has 1 fully saturated rings. The Bertz CT molecular complexity index is 576. The molecule has 7 heteroatoms. The summed E-state index contributed by atoms with van der Waals surface area (Å²) in [4.78, 5) is 24.7. The van der Waals surface area contributed by atoms with Crippen LogP contribution in [0.2, 0.25) is 0 Å². The highest BCUT2D eigenvalue weighted by molar-refractivity contribution is 9.10. The average molecular weight is 373 g/mol. The van der Waals surface area contributed by atoms with E-state index >= 15 is 0 Å². The molecule has 0 atom stereocenters. The number of carbonyl (C=O) groups excluding carboxylic acids is 1. The van der Waals surface area contributed by atoms with Crippen molar-refractivity contribution in [2.45, 2.75) is 31.8 Å². The number of halogens is 2. The van der Waals surface area contributed by atoms with E-state index in [2.05, 4.69) is 21.2 Å². The largest absolute Gasteiger partial charge is 0.480 e. The van der Waals surface area contributed by atoms with Crippen LogP contribution >= 0.6 is 15.9 Å². The lowest BCUT2D eigenvalue weighted by Gasteiger charge is -2.42. The van der Waals surface area contributed by atoms with Crippen LogP contribution in [-0.4, -0.2) is 47.1 Å². The predicted molar refractivity (Wildman–Crippen MR) is 83.3 cm³/mol. The number of likely N-dealkylation sites (N-methyl/N-ethyl adjacent to an activating group) is 1. The van der Waals surface area contributed by atoms with Gasteiger partial charge in [-0.15, -0.1) is 0 Å². The molecule has 1 aromatic carbocycles. The molecule has 0 unspecified atom stereocenters. The summed E-state index contributed by atoms with van der Waals surface area (Å²) in [6, 6.07) is 4.34. The molecule has 0 heterocycles. The van der Waals surface area contributed by atoms with Crippen molar-refractivity contribution >= 4 is 27.8 Å². The van der Waals surface area contributed by atoms with Gasteiger partial charge < -0.3 is 10.4 Å². The SMILES string of the molecule is CCN(CC(=O)O)C1CC(NC(=O)c2cc(Br)ccc2F)C1. The van der Waals surface area contributed by atoms with Gasteiger partial charge in [-0.3, -0.25) is 14.5 Å². The molecule has 1 saturated carbocycles. The minimum absolute atomic E-state index is 0.00208. The van der Waals surface area contributed by atoms with Crippen LogP contribution in [0.5, 0.6) is 0 Å². The molecule has 1 aromatic rings. The quantitative estimate of drug-likeness (QED) is 0.803. The van der Waals surface area contributed by atoms with Gasteiger partial charge in [-0.2, -0.15) is 0 Å². The Labute approximate surface area is 136 Å². The minimum Gasteiger partial charge on any atom is -0.480 e. The number of carboxylic acid groups (broad SMARTS) is 1. The number of hydrogen-bond acceptors (Lipinski definition) is 3. The van der Waals surface area contributed by atoms with Crippen LogP contribution in [0.15, 0.2) is 22.7 Å². The number of carboxylic acids is 1. The molecule has 1 amide bonds. The molecule has 0 bridgehead atoms. The van der Waals surface area contributed by atoms with Crippen LogP contribution in [0.1, 0.15) is 30.1 Å². The van der Waals surface area contributed by atoms with E-state index in [9.17, 15) is 14.0 Å². The fourth-order valence-corrected chi connectivity index (χ4v) is 2.97. The molecule has 0 aliphatic heterocycles. The summed E-state index contributed by atoms with van der Waals surface area (Å²) in [6.07, 6.45) is 1.37. The molecule has 0 spiro atoms. The highest BCUT2D eigenvalue weighted by Crippen LogP contribution is 2.26. The number of rotatable bonds is 6. The molecular formula is C15H18BrFN2O3. The first-order valence-electron chi connectivity index (χ1n) is 7.12. The summed E-state index contributed by atoms with van der Waals surface area (Å²) in [5.41, 5.74) is 0.00992. The fraction of sp³-hybridized carbons (Fsp3) is 0.467. The second-order valence-electron chi connectivity index (χ2n) is 5.38. The summed E-state index contributed by atoms with van der Waals surface area (Å²) in [6.45, 7) is 2.56. The van der Waals surface area contributed by atoms with Crippen molar-refractivity contribution in [2.24, 2.45) is 0 Å². The van der Waals surface area contributed by atoms with Gasteiger partial charge in [-0.1, -0.05) is 22.9 Å². The van der Waals surface area contributed by atoms with E-state index in [-0.39, 0.29) is 24.2 Å². The van der Waals surface area contributed by atoms with Gasteiger partial charge in [-0.25, -0.2) is 4.39 Å². The Kier molecular flexibility index (Phi) is 5.52. The second kappa shape index (κ2) is 7.19. The molecule has 1 aliphatic rings. The highest BCUT2D eigenvalue weighted by Gasteiger charge is 2.35. The van der Waals surface area contributed by atoms with Gasteiger partial charge in [0.25, 0.3) is 5.91 Å². The van der Waals surface area contributed by atoms with Crippen LogP contribution in [-0.2, 0) is 4.79 Å². The zero-order valence-electron chi connectivity index (χ0n) is 12.2. The fourth-order valence-electron chi connectivity index (χ4n) is 2.61. The van der Waals surface area contributed by atoms with Crippen LogP contribution in [0.3, 0.4) is 0 Å². The summed E-state index contributed by atoms with van der Waals surface area (Å²) in [7, 11) is 0. The molecule has 2 rings (SSSR count). The molecule has 5 nitrogen and oxygen atoms in total. The van der Waals surface area contributed by atoms with Gasteiger partial charge in [-0.05, 0) is 37.6 Å². The van der Waals surface area contributed by atoms with Gasteiger partial charge in [0.1, 0.15) is 5.82 Å². The highest BCUT2D eigenvalue weighted by atomic mass is 79.9. The van der Waals surface area contributed by atoms with Crippen molar-refractivity contribution in [2.75, 3.05) is 13.1 Å². The molecule has 0 radical (unpaired) electrons. The molecule has 22 heavy (non-hydrogen) atoms. The number of nitrogens with zero attached hydrogens (tertiary/aromatic N) is 1. The summed E-state index contributed by atoms with van der Waals surface area (Å²) in [5.74, 6) is -1.85. The van der Waals surface area contributed by atoms with Crippen LogP contribution in [0, 0.1) is 5.82 Å². The van der Waals surface area contributed by atoms with E-state index < -0.39 is 17.7 Å².